The molecule has 0 amide bonds. The van der Waals surface area contributed by atoms with Crippen molar-refractivity contribution in [3.05, 3.63) is 24.8 Å². The third-order valence-electron chi connectivity index (χ3n) is 1.23. The van der Waals surface area contributed by atoms with Crippen LogP contribution in [0.25, 0.3) is 0 Å². The van der Waals surface area contributed by atoms with Crippen LogP contribution in [0, 0.1) is 10.1 Å². The SMILES string of the molecule is CC(=O)c1scc([N+](=O)[O-])c1Br. The molecule has 0 N–H and O–H groups in total. The first-order chi connectivity index (χ1) is 5.54. The minimum Gasteiger partial charge on any atom is -0.294 e. The van der Waals surface area contributed by atoms with Gasteiger partial charge in [-0.25, -0.2) is 0 Å². The predicted octanol–water partition coefficient (Wildman–Crippen LogP) is 2.62. The molecule has 0 aliphatic heterocycles. The fraction of sp³-hybridized carbons (Fsp3) is 0.167. The number of carbonyl (C=O) groups is 1. The summed E-state index contributed by atoms with van der Waals surface area (Å²) < 4.78 is 0.282. The second-order valence-corrected chi connectivity index (χ2v) is 3.75. The molecule has 1 heterocycles. The lowest BCUT2D eigenvalue weighted by Crippen LogP contribution is -1.90. The summed E-state index contributed by atoms with van der Waals surface area (Å²) in [5, 5.41) is 11.7. The summed E-state index contributed by atoms with van der Waals surface area (Å²) in [4.78, 5) is 21.1. The number of halogens is 1. The zero-order chi connectivity index (χ0) is 9.30. The molecule has 0 atom stereocenters. The second-order valence-electron chi connectivity index (χ2n) is 2.08. The Morgan fingerprint density at radius 3 is 2.58 bits per heavy atom. The van der Waals surface area contributed by atoms with Crippen molar-refractivity contribution < 1.29 is 9.72 Å². The smallest absolute Gasteiger partial charge is 0.294 e. The van der Waals surface area contributed by atoms with Crippen molar-refractivity contribution in [2.75, 3.05) is 0 Å². The van der Waals surface area contributed by atoms with Gasteiger partial charge in [-0.1, -0.05) is 0 Å². The minimum atomic E-state index is -0.521. The maximum Gasteiger partial charge on any atom is 0.294 e. The number of hydrogen-bond acceptors (Lipinski definition) is 4. The zero-order valence-electron chi connectivity index (χ0n) is 6.04. The van der Waals surface area contributed by atoms with Crippen molar-refractivity contribution in [3.8, 4) is 0 Å². The van der Waals surface area contributed by atoms with Crippen LogP contribution in [-0.4, -0.2) is 10.7 Å². The first kappa shape index (κ1) is 9.34. The van der Waals surface area contributed by atoms with E-state index in [4.69, 9.17) is 0 Å². The first-order valence-electron chi connectivity index (χ1n) is 2.96. The summed E-state index contributed by atoms with van der Waals surface area (Å²) in [7, 11) is 0. The number of rotatable bonds is 2. The molecule has 1 rings (SSSR count). The number of nitro groups is 1. The van der Waals surface area contributed by atoms with Gasteiger partial charge < -0.3 is 0 Å². The van der Waals surface area contributed by atoms with E-state index in [0.29, 0.717) is 4.88 Å². The lowest BCUT2D eigenvalue weighted by Gasteiger charge is -1.88. The first-order valence-corrected chi connectivity index (χ1v) is 4.63. The van der Waals surface area contributed by atoms with Crippen LogP contribution in [0.2, 0.25) is 0 Å². The number of ketones is 1. The zero-order valence-corrected chi connectivity index (χ0v) is 8.44. The van der Waals surface area contributed by atoms with E-state index in [2.05, 4.69) is 15.9 Å². The van der Waals surface area contributed by atoms with E-state index in [1.807, 2.05) is 0 Å². The highest BCUT2D eigenvalue weighted by molar-refractivity contribution is 9.10. The van der Waals surface area contributed by atoms with Gasteiger partial charge in [-0.3, -0.25) is 14.9 Å². The molecule has 0 aromatic carbocycles. The molecule has 1 aromatic heterocycles. The third-order valence-corrected chi connectivity index (χ3v) is 3.36. The van der Waals surface area contributed by atoms with Gasteiger partial charge in [0.25, 0.3) is 5.69 Å². The van der Waals surface area contributed by atoms with E-state index in [-0.39, 0.29) is 15.9 Å². The quantitative estimate of drug-likeness (QED) is 0.460. The normalized spacial score (nSPS) is 9.83. The standard InChI is InChI=1S/C6H4BrNO3S/c1-3(9)6-5(7)4(2-12-6)8(10)11/h2H,1H3. The van der Waals surface area contributed by atoms with E-state index >= 15 is 0 Å². The molecular formula is C6H4BrNO3S. The van der Waals surface area contributed by atoms with E-state index in [1.165, 1.54) is 12.3 Å². The Kier molecular flexibility index (Phi) is 2.58. The summed E-state index contributed by atoms with van der Waals surface area (Å²) in [5.41, 5.74) is -0.0507. The maximum absolute atomic E-state index is 10.9. The molecule has 4 nitrogen and oxygen atoms in total. The average Bonchev–Trinajstić information content (AvgIpc) is 2.30. The predicted molar refractivity (Wildman–Crippen MR) is 48.7 cm³/mol. The molecule has 0 unspecified atom stereocenters. The van der Waals surface area contributed by atoms with Crippen molar-refractivity contribution >= 4 is 38.7 Å². The summed E-state index contributed by atoms with van der Waals surface area (Å²) in [6.07, 6.45) is 0. The fourth-order valence-electron chi connectivity index (χ4n) is 0.695. The van der Waals surface area contributed by atoms with Crippen LogP contribution in [0.15, 0.2) is 9.85 Å². The van der Waals surface area contributed by atoms with Crippen LogP contribution < -0.4 is 0 Å². The summed E-state index contributed by atoms with van der Waals surface area (Å²) >= 11 is 4.07. The Bertz CT molecular complexity index is 315. The summed E-state index contributed by atoms with van der Waals surface area (Å²) in [5.74, 6) is -0.167. The molecule has 0 bridgehead atoms. The fourth-order valence-corrected chi connectivity index (χ4v) is 2.47. The van der Waals surface area contributed by atoms with Gasteiger partial charge in [-0.2, -0.15) is 0 Å². The van der Waals surface area contributed by atoms with Gasteiger partial charge in [0, 0.05) is 0 Å². The molecular weight excluding hydrogens is 246 g/mol. The maximum atomic E-state index is 10.9. The Morgan fingerprint density at radius 2 is 2.33 bits per heavy atom. The molecule has 0 radical (unpaired) electrons. The van der Waals surface area contributed by atoms with Crippen molar-refractivity contribution in [2.24, 2.45) is 0 Å². The largest absolute Gasteiger partial charge is 0.294 e. The van der Waals surface area contributed by atoms with Gasteiger partial charge in [0.15, 0.2) is 5.78 Å². The highest BCUT2D eigenvalue weighted by Crippen LogP contribution is 2.34. The number of thiophene rings is 1. The van der Waals surface area contributed by atoms with Gasteiger partial charge in [-0.05, 0) is 22.9 Å². The Morgan fingerprint density at radius 1 is 1.75 bits per heavy atom. The molecule has 1 aromatic rings. The number of nitrogens with zero attached hydrogens (tertiary/aromatic N) is 1. The van der Waals surface area contributed by atoms with E-state index in [9.17, 15) is 14.9 Å². The Hall–Kier alpha value is -0.750. The summed E-state index contributed by atoms with van der Waals surface area (Å²) in [6, 6.07) is 0. The third kappa shape index (κ3) is 1.54. The van der Waals surface area contributed by atoms with Crippen LogP contribution in [-0.2, 0) is 0 Å². The molecule has 12 heavy (non-hydrogen) atoms. The van der Waals surface area contributed by atoms with Crippen LogP contribution >= 0.6 is 27.3 Å². The highest BCUT2D eigenvalue weighted by atomic mass is 79.9. The van der Waals surface area contributed by atoms with Crippen LogP contribution in [0.4, 0.5) is 5.69 Å². The van der Waals surface area contributed by atoms with E-state index < -0.39 is 4.92 Å². The van der Waals surface area contributed by atoms with Gasteiger partial charge in [0.2, 0.25) is 0 Å². The number of carbonyl (C=O) groups excluding carboxylic acids is 1. The second kappa shape index (κ2) is 3.32. The molecule has 0 aliphatic rings. The Labute approximate surface area is 80.5 Å². The molecule has 6 heteroatoms. The van der Waals surface area contributed by atoms with Crippen molar-refractivity contribution in [3.63, 3.8) is 0 Å². The minimum absolute atomic E-state index is 0.0507. The van der Waals surface area contributed by atoms with Gasteiger partial charge in [-0.15, -0.1) is 11.3 Å². The highest BCUT2D eigenvalue weighted by Gasteiger charge is 2.20. The van der Waals surface area contributed by atoms with Crippen LogP contribution in [0.3, 0.4) is 0 Å². The van der Waals surface area contributed by atoms with Gasteiger partial charge in [0.1, 0.15) is 4.47 Å². The number of hydrogen-bond donors (Lipinski definition) is 0. The van der Waals surface area contributed by atoms with Crippen molar-refractivity contribution in [1.29, 1.82) is 0 Å². The van der Waals surface area contributed by atoms with Gasteiger partial charge in [0.05, 0.1) is 15.2 Å². The van der Waals surface area contributed by atoms with Crippen LogP contribution in [0.5, 0.6) is 0 Å². The topological polar surface area (TPSA) is 60.2 Å². The molecule has 0 saturated carbocycles. The lowest BCUT2D eigenvalue weighted by molar-refractivity contribution is -0.385. The van der Waals surface area contributed by atoms with E-state index in [1.54, 1.807) is 0 Å². The molecule has 64 valence electrons. The van der Waals surface area contributed by atoms with Crippen LogP contribution in [0.1, 0.15) is 16.6 Å². The lowest BCUT2D eigenvalue weighted by atomic mass is 10.3. The van der Waals surface area contributed by atoms with Crippen molar-refractivity contribution in [2.45, 2.75) is 6.92 Å². The monoisotopic (exact) mass is 249 g/mol. The molecule has 0 fully saturated rings. The van der Waals surface area contributed by atoms with Crippen molar-refractivity contribution in [1.82, 2.24) is 0 Å². The van der Waals surface area contributed by atoms with Gasteiger partial charge >= 0.3 is 0 Å². The summed E-state index contributed by atoms with van der Waals surface area (Å²) in [6.45, 7) is 1.38. The molecule has 0 aliphatic carbocycles. The Balaban J connectivity index is 3.22. The average molecular weight is 250 g/mol. The molecule has 0 saturated heterocycles. The van der Waals surface area contributed by atoms with E-state index in [0.717, 1.165) is 11.3 Å². The molecule has 0 spiro atoms. The number of Topliss-reactive ketones (excluding diaryl/α,β-unsaturated/α-hetero) is 1.